The molecule has 5 nitrogen and oxygen atoms in total. The Morgan fingerprint density at radius 1 is 1.47 bits per heavy atom. The molecule has 0 amide bonds. The number of rotatable bonds is 2. The first kappa shape index (κ1) is 12.1. The summed E-state index contributed by atoms with van der Waals surface area (Å²) in [5.74, 6) is 0.755. The van der Waals surface area contributed by atoms with Crippen LogP contribution in [0.3, 0.4) is 0 Å². The molecule has 17 heavy (non-hydrogen) atoms. The number of hydrogen-bond donors (Lipinski definition) is 1. The second-order valence-corrected chi connectivity index (χ2v) is 4.47. The maximum Gasteiger partial charge on any atom is 0.374 e. The van der Waals surface area contributed by atoms with Crippen molar-refractivity contribution in [1.82, 2.24) is 5.32 Å². The van der Waals surface area contributed by atoms with Crippen LogP contribution < -0.4 is 5.32 Å². The molecule has 1 aliphatic heterocycles. The molecule has 5 heteroatoms. The lowest BCUT2D eigenvalue weighted by molar-refractivity contribution is -0.135. The van der Waals surface area contributed by atoms with E-state index in [0.29, 0.717) is 12.4 Å². The van der Waals surface area contributed by atoms with E-state index in [-0.39, 0.29) is 11.5 Å². The maximum absolute atomic E-state index is 11.7. The number of nitrogens with zero attached hydrogens (tertiary/aromatic N) is 2. The fourth-order valence-electron chi connectivity index (χ4n) is 2.57. The first-order chi connectivity index (χ1) is 8.22. The Morgan fingerprint density at radius 2 is 2.18 bits per heavy atom. The van der Waals surface area contributed by atoms with Crippen LogP contribution in [0.1, 0.15) is 39.0 Å². The average Bonchev–Trinajstić information content (AvgIpc) is 2.69. The molecule has 0 atom stereocenters. The lowest BCUT2D eigenvalue weighted by Crippen LogP contribution is -2.42. The van der Waals surface area contributed by atoms with Crippen LogP contribution in [0.2, 0.25) is 0 Å². The normalized spacial score (nSPS) is 24.6. The van der Waals surface area contributed by atoms with Gasteiger partial charge in [-0.1, -0.05) is 19.3 Å². The zero-order chi connectivity index (χ0) is 12.3. The summed E-state index contributed by atoms with van der Waals surface area (Å²) in [6.07, 6.45) is 5.45. The number of aliphatic imine (C=N–C) groups is 2. The SMILES string of the molecule is CCOC(=O)C1=NC2(CCCCC2)C(=NC)N1. The lowest BCUT2D eigenvalue weighted by Gasteiger charge is -2.29. The Balaban J connectivity index is 2.21. The molecule has 0 saturated heterocycles. The van der Waals surface area contributed by atoms with Crippen molar-refractivity contribution in [2.75, 3.05) is 13.7 Å². The Labute approximate surface area is 101 Å². The van der Waals surface area contributed by atoms with Gasteiger partial charge in [0, 0.05) is 7.05 Å². The minimum atomic E-state index is -0.379. The number of carbonyl (C=O) groups is 1. The number of esters is 1. The van der Waals surface area contributed by atoms with Gasteiger partial charge in [0.1, 0.15) is 11.4 Å². The first-order valence-corrected chi connectivity index (χ1v) is 6.23. The van der Waals surface area contributed by atoms with Crippen molar-refractivity contribution in [3.8, 4) is 0 Å². The summed E-state index contributed by atoms with van der Waals surface area (Å²) in [7, 11) is 1.74. The summed E-state index contributed by atoms with van der Waals surface area (Å²) in [5.41, 5.74) is -0.283. The Morgan fingerprint density at radius 3 is 2.76 bits per heavy atom. The molecule has 94 valence electrons. The molecule has 0 aromatic carbocycles. The van der Waals surface area contributed by atoms with Crippen LogP contribution in [0.5, 0.6) is 0 Å². The van der Waals surface area contributed by atoms with Gasteiger partial charge in [0.2, 0.25) is 5.84 Å². The minimum Gasteiger partial charge on any atom is -0.460 e. The van der Waals surface area contributed by atoms with Gasteiger partial charge in [-0.05, 0) is 19.8 Å². The van der Waals surface area contributed by atoms with E-state index in [1.807, 2.05) is 0 Å². The van der Waals surface area contributed by atoms with Crippen molar-refractivity contribution >= 4 is 17.6 Å². The van der Waals surface area contributed by atoms with Gasteiger partial charge in [-0.25, -0.2) is 9.79 Å². The Kier molecular flexibility index (Phi) is 3.45. The molecule has 2 rings (SSSR count). The van der Waals surface area contributed by atoms with Crippen LogP contribution in [0, 0.1) is 0 Å². The lowest BCUT2D eigenvalue weighted by atomic mass is 9.82. The van der Waals surface area contributed by atoms with E-state index < -0.39 is 0 Å². The van der Waals surface area contributed by atoms with E-state index in [0.717, 1.165) is 31.5 Å². The van der Waals surface area contributed by atoms with E-state index in [4.69, 9.17) is 4.74 Å². The average molecular weight is 237 g/mol. The zero-order valence-electron chi connectivity index (χ0n) is 10.5. The van der Waals surface area contributed by atoms with Gasteiger partial charge in [0.05, 0.1) is 6.61 Å². The fraction of sp³-hybridized carbons (Fsp3) is 0.750. The standard InChI is InChI=1S/C12H19N3O2/c1-3-17-10(16)9-14-11(13-2)12(15-9)7-5-4-6-8-12/h3-8H2,1-2H3,(H,13,14,15). The summed E-state index contributed by atoms with van der Waals surface area (Å²) in [4.78, 5) is 20.5. The van der Waals surface area contributed by atoms with Crippen molar-refractivity contribution in [2.45, 2.75) is 44.6 Å². The summed E-state index contributed by atoms with van der Waals surface area (Å²) < 4.78 is 4.97. The molecule has 1 heterocycles. The van der Waals surface area contributed by atoms with Gasteiger partial charge in [-0.15, -0.1) is 0 Å². The number of hydrogen-bond acceptors (Lipinski definition) is 4. The highest BCUT2D eigenvalue weighted by molar-refractivity contribution is 6.41. The molecule has 0 aromatic rings. The summed E-state index contributed by atoms with van der Waals surface area (Å²) in [5, 5.41) is 3.01. The molecule has 1 saturated carbocycles. The quantitative estimate of drug-likeness (QED) is 0.736. The van der Waals surface area contributed by atoms with Crippen molar-refractivity contribution < 1.29 is 9.53 Å². The van der Waals surface area contributed by atoms with E-state index >= 15 is 0 Å². The fourth-order valence-corrected chi connectivity index (χ4v) is 2.57. The third kappa shape index (κ3) is 2.18. The van der Waals surface area contributed by atoms with Gasteiger partial charge >= 0.3 is 5.97 Å². The highest BCUT2D eigenvalue weighted by Gasteiger charge is 2.43. The minimum absolute atomic E-state index is 0.283. The molecule has 0 bridgehead atoms. The Hall–Kier alpha value is -1.39. The third-order valence-corrected chi connectivity index (χ3v) is 3.38. The smallest absolute Gasteiger partial charge is 0.374 e. The zero-order valence-corrected chi connectivity index (χ0v) is 10.5. The van der Waals surface area contributed by atoms with Crippen molar-refractivity contribution in [2.24, 2.45) is 9.98 Å². The largest absolute Gasteiger partial charge is 0.460 e. The van der Waals surface area contributed by atoms with Gasteiger partial charge in [-0.3, -0.25) is 4.99 Å². The van der Waals surface area contributed by atoms with Crippen LogP contribution in [-0.2, 0) is 9.53 Å². The van der Waals surface area contributed by atoms with Gasteiger partial charge < -0.3 is 10.1 Å². The molecule has 1 N–H and O–H groups in total. The van der Waals surface area contributed by atoms with E-state index in [2.05, 4.69) is 15.3 Å². The molecule has 0 radical (unpaired) electrons. The predicted octanol–water partition coefficient (Wildman–Crippen LogP) is 1.28. The highest BCUT2D eigenvalue weighted by Crippen LogP contribution is 2.35. The monoisotopic (exact) mass is 237 g/mol. The summed E-state index contributed by atoms with van der Waals surface area (Å²) in [6, 6.07) is 0. The summed E-state index contributed by atoms with van der Waals surface area (Å²) in [6.45, 7) is 2.16. The first-order valence-electron chi connectivity index (χ1n) is 6.23. The molecule has 0 aromatic heterocycles. The molecule has 0 unspecified atom stereocenters. The number of carbonyl (C=O) groups excluding carboxylic acids is 1. The number of amidine groups is 2. The van der Waals surface area contributed by atoms with Crippen LogP contribution in [0.4, 0.5) is 0 Å². The van der Waals surface area contributed by atoms with Crippen molar-refractivity contribution in [3.05, 3.63) is 0 Å². The third-order valence-electron chi connectivity index (χ3n) is 3.38. The number of ether oxygens (including phenoxy) is 1. The van der Waals surface area contributed by atoms with Gasteiger partial charge in [0.15, 0.2) is 0 Å². The molecular formula is C12H19N3O2. The molecule has 1 fully saturated rings. The molecule has 1 spiro atoms. The topological polar surface area (TPSA) is 63.0 Å². The van der Waals surface area contributed by atoms with Gasteiger partial charge in [0.25, 0.3) is 0 Å². The van der Waals surface area contributed by atoms with E-state index in [9.17, 15) is 4.79 Å². The second-order valence-electron chi connectivity index (χ2n) is 4.47. The summed E-state index contributed by atoms with van der Waals surface area (Å²) >= 11 is 0. The predicted molar refractivity (Wildman–Crippen MR) is 66.4 cm³/mol. The van der Waals surface area contributed by atoms with E-state index in [1.165, 1.54) is 6.42 Å². The van der Waals surface area contributed by atoms with Crippen LogP contribution in [-0.4, -0.2) is 36.8 Å². The van der Waals surface area contributed by atoms with Crippen molar-refractivity contribution in [1.29, 1.82) is 0 Å². The number of nitrogens with one attached hydrogen (secondary N) is 1. The maximum atomic E-state index is 11.7. The molecular weight excluding hydrogens is 218 g/mol. The van der Waals surface area contributed by atoms with Crippen LogP contribution in [0.25, 0.3) is 0 Å². The van der Waals surface area contributed by atoms with Crippen LogP contribution >= 0.6 is 0 Å². The second kappa shape index (κ2) is 4.85. The van der Waals surface area contributed by atoms with Gasteiger partial charge in [-0.2, -0.15) is 0 Å². The van der Waals surface area contributed by atoms with Crippen LogP contribution in [0.15, 0.2) is 9.98 Å². The Bertz CT molecular complexity index is 368. The van der Waals surface area contributed by atoms with E-state index in [1.54, 1.807) is 14.0 Å². The molecule has 1 aliphatic carbocycles. The highest BCUT2D eigenvalue weighted by atomic mass is 16.5. The molecule has 2 aliphatic rings. The van der Waals surface area contributed by atoms with Crippen molar-refractivity contribution in [3.63, 3.8) is 0 Å².